The van der Waals surface area contributed by atoms with Crippen LogP contribution < -0.4 is 9.47 Å². The van der Waals surface area contributed by atoms with E-state index >= 15 is 0 Å². The standard InChI is InChI=1S/C20H24ClNO4S/c1-25-18-9-6-15(7-10-18)16-5-3-4-12-22(14-16)27(23,24)20-13-17(21)8-11-19(20)26-2/h6-11,13,16H,3-5,12,14H2,1-2H3. The molecule has 1 atom stereocenters. The Kier molecular flexibility index (Phi) is 6.29. The minimum atomic E-state index is -3.71. The van der Waals surface area contributed by atoms with Gasteiger partial charge in [0.15, 0.2) is 0 Å². The van der Waals surface area contributed by atoms with Gasteiger partial charge in [-0.15, -0.1) is 0 Å². The summed E-state index contributed by atoms with van der Waals surface area (Å²) in [5.41, 5.74) is 1.12. The number of methoxy groups -OCH3 is 2. The maximum atomic E-state index is 13.3. The second-order valence-electron chi connectivity index (χ2n) is 6.62. The maximum absolute atomic E-state index is 13.3. The molecular formula is C20H24ClNO4S. The number of sulfonamides is 1. The Morgan fingerprint density at radius 2 is 1.78 bits per heavy atom. The molecule has 0 bridgehead atoms. The Hall–Kier alpha value is -1.76. The van der Waals surface area contributed by atoms with Crippen LogP contribution in [0.5, 0.6) is 11.5 Å². The highest BCUT2D eigenvalue weighted by Crippen LogP contribution is 2.34. The maximum Gasteiger partial charge on any atom is 0.246 e. The fourth-order valence-corrected chi connectivity index (χ4v) is 5.41. The van der Waals surface area contributed by atoms with Crippen molar-refractivity contribution in [3.05, 3.63) is 53.1 Å². The molecule has 7 heteroatoms. The van der Waals surface area contributed by atoms with Gasteiger partial charge in [0, 0.05) is 18.1 Å². The number of hydrogen-bond donors (Lipinski definition) is 0. The lowest BCUT2D eigenvalue weighted by molar-refractivity contribution is 0.386. The molecule has 27 heavy (non-hydrogen) atoms. The summed E-state index contributed by atoms with van der Waals surface area (Å²) in [5, 5.41) is 0.371. The number of nitrogens with zero attached hydrogens (tertiary/aromatic N) is 1. The van der Waals surface area contributed by atoms with Gasteiger partial charge in [-0.25, -0.2) is 8.42 Å². The van der Waals surface area contributed by atoms with Gasteiger partial charge >= 0.3 is 0 Å². The lowest BCUT2D eigenvalue weighted by Crippen LogP contribution is -2.34. The molecule has 0 saturated carbocycles. The van der Waals surface area contributed by atoms with Crippen LogP contribution in [0, 0.1) is 0 Å². The van der Waals surface area contributed by atoms with Crippen molar-refractivity contribution in [2.75, 3.05) is 27.3 Å². The first-order chi connectivity index (χ1) is 13.0. The average molecular weight is 410 g/mol. The van der Waals surface area contributed by atoms with E-state index in [1.165, 1.54) is 13.2 Å². The summed E-state index contributed by atoms with van der Waals surface area (Å²) in [6, 6.07) is 12.5. The van der Waals surface area contributed by atoms with Crippen molar-refractivity contribution >= 4 is 21.6 Å². The van der Waals surface area contributed by atoms with Gasteiger partial charge in [-0.1, -0.05) is 30.2 Å². The van der Waals surface area contributed by atoms with Crippen LogP contribution >= 0.6 is 11.6 Å². The molecule has 0 radical (unpaired) electrons. The van der Waals surface area contributed by atoms with E-state index in [1.54, 1.807) is 23.5 Å². The first-order valence-corrected chi connectivity index (χ1v) is 10.7. The van der Waals surface area contributed by atoms with Gasteiger partial charge in [-0.3, -0.25) is 0 Å². The fraction of sp³-hybridized carbons (Fsp3) is 0.400. The van der Waals surface area contributed by atoms with E-state index in [0.717, 1.165) is 30.6 Å². The van der Waals surface area contributed by atoms with Crippen molar-refractivity contribution < 1.29 is 17.9 Å². The molecule has 1 fully saturated rings. The van der Waals surface area contributed by atoms with Crippen molar-refractivity contribution in [1.82, 2.24) is 4.31 Å². The van der Waals surface area contributed by atoms with E-state index in [4.69, 9.17) is 21.1 Å². The molecule has 1 heterocycles. The lowest BCUT2D eigenvalue weighted by atomic mass is 9.94. The second-order valence-corrected chi connectivity index (χ2v) is 8.97. The molecule has 5 nitrogen and oxygen atoms in total. The molecule has 1 aliphatic heterocycles. The quantitative estimate of drug-likeness (QED) is 0.738. The molecule has 0 spiro atoms. The van der Waals surface area contributed by atoms with Crippen LogP contribution in [0.25, 0.3) is 0 Å². The highest BCUT2D eigenvalue weighted by atomic mass is 35.5. The van der Waals surface area contributed by atoms with Gasteiger partial charge in [0.05, 0.1) is 14.2 Å². The van der Waals surface area contributed by atoms with Gasteiger partial charge in [-0.05, 0) is 54.7 Å². The Balaban J connectivity index is 1.91. The van der Waals surface area contributed by atoms with Crippen LogP contribution in [0.4, 0.5) is 0 Å². The van der Waals surface area contributed by atoms with E-state index < -0.39 is 10.0 Å². The molecule has 2 aromatic carbocycles. The Labute approximate surface area is 165 Å². The zero-order valence-electron chi connectivity index (χ0n) is 15.5. The normalized spacial score (nSPS) is 18.7. The van der Waals surface area contributed by atoms with Crippen LogP contribution in [0.3, 0.4) is 0 Å². The van der Waals surface area contributed by atoms with Gasteiger partial charge in [-0.2, -0.15) is 4.31 Å². The monoisotopic (exact) mass is 409 g/mol. The van der Waals surface area contributed by atoms with Crippen molar-refractivity contribution in [3.63, 3.8) is 0 Å². The predicted molar refractivity (Wildman–Crippen MR) is 106 cm³/mol. The second kappa shape index (κ2) is 8.50. The Morgan fingerprint density at radius 1 is 1.04 bits per heavy atom. The minimum Gasteiger partial charge on any atom is -0.497 e. The number of rotatable bonds is 5. The highest BCUT2D eigenvalue weighted by Gasteiger charge is 2.31. The van der Waals surface area contributed by atoms with E-state index in [-0.39, 0.29) is 10.8 Å². The molecule has 3 rings (SSSR count). The smallest absolute Gasteiger partial charge is 0.246 e. The van der Waals surface area contributed by atoms with Crippen LogP contribution in [0.1, 0.15) is 30.7 Å². The van der Waals surface area contributed by atoms with Gasteiger partial charge in [0.25, 0.3) is 0 Å². The summed E-state index contributed by atoms with van der Waals surface area (Å²) in [7, 11) is -0.610. The molecular weight excluding hydrogens is 386 g/mol. The average Bonchev–Trinajstić information content (AvgIpc) is 2.95. The summed E-state index contributed by atoms with van der Waals surface area (Å²) in [4.78, 5) is 0.118. The number of halogens is 1. The first kappa shape index (κ1) is 20.0. The van der Waals surface area contributed by atoms with Crippen molar-refractivity contribution in [1.29, 1.82) is 0 Å². The Morgan fingerprint density at radius 3 is 2.44 bits per heavy atom. The van der Waals surface area contributed by atoms with Gasteiger partial charge in [0.2, 0.25) is 10.0 Å². The fourth-order valence-electron chi connectivity index (χ4n) is 3.46. The SMILES string of the molecule is COc1ccc(C2CCCCN(S(=O)(=O)c3cc(Cl)ccc3OC)C2)cc1. The largest absolute Gasteiger partial charge is 0.497 e. The Bertz CT molecular complexity index is 883. The predicted octanol–water partition coefficient (Wildman–Crippen LogP) is 4.32. The minimum absolute atomic E-state index is 0.118. The van der Waals surface area contributed by atoms with E-state index in [2.05, 4.69) is 0 Å². The summed E-state index contributed by atoms with van der Waals surface area (Å²) in [5.74, 6) is 1.24. The zero-order chi connectivity index (χ0) is 19.4. The molecule has 0 N–H and O–H groups in total. The molecule has 0 amide bonds. The molecule has 1 unspecified atom stereocenters. The number of ether oxygens (including phenoxy) is 2. The topological polar surface area (TPSA) is 55.8 Å². The number of benzene rings is 2. The van der Waals surface area contributed by atoms with Crippen molar-refractivity contribution in [3.8, 4) is 11.5 Å². The van der Waals surface area contributed by atoms with Crippen LogP contribution in [0.2, 0.25) is 5.02 Å². The zero-order valence-corrected chi connectivity index (χ0v) is 17.1. The molecule has 0 aliphatic carbocycles. The summed E-state index contributed by atoms with van der Waals surface area (Å²) in [6.07, 6.45) is 2.76. The van der Waals surface area contributed by atoms with E-state index in [1.807, 2.05) is 24.3 Å². The highest BCUT2D eigenvalue weighted by molar-refractivity contribution is 7.89. The van der Waals surface area contributed by atoms with Crippen molar-refractivity contribution in [2.45, 2.75) is 30.1 Å². The molecule has 1 aliphatic rings. The van der Waals surface area contributed by atoms with Crippen LogP contribution in [-0.4, -0.2) is 40.0 Å². The number of hydrogen-bond acceptors (Lipinski definition) is 4. The van der Waals surface area contributed by atoms with Gasteiger partial charge < -0.3 is 9.47 Å². The first-order valence-electron chi connectivity index (χ1n) is 8.93. The summed E-state index contributed by atoms with van der Waals surface area (Å²) in [6.45, 7) is 0.926. The van der Waals surface area contributed by atoms with E-state index in [9.17, 15) is 8.42 Å². The summed E-state index contributed by atoms with van der Waals surface area (Å²) < 4.78 is 38.7. The molecule has 0 aromatic heterocycles. The molecule has 2 aromatic rings. The van der Waals surface area contributed by atoms with Crippen LogP contribution in [-0.2, 0) is 10.0 Å². The van der Waals surface area contributed by atoms with Crippen LogP contribution in [0.15, 0.2) is 47.4 Å². The van der Waals surface area contributed by atoms with E-state index in [0.29, 0.717) is 23.9 Å². The third-order valence-corrected chi connectivity index (χ3v) is 7.09. The lowest BCUT2D eigenvalue weighted by Gasteiger charge is -2.25. The molecule has 1 saturated heterocycles. The molecule has 146 valence electrons. The van der Waals surface area contributed by atoms with Crippen molar-refractivity contribution in [2.24, 2.45) is 0 Å². The summed E-state index contributed by atoms with van der Waals surface area (Å²) >= 11 is 6.05. The third-order valence-electron chi connectivity index (χ3n) is 4.96. The van der Waals surface area contributed by atoms with Gasteiger partial charge in [0.1, 0.15) is 16.4 Å². The third kappa shape index (κ3) is 4.39.